The predicted molar refractivity (Wildman–Crippen MR) is 122 cm³/mol. The van der Waals surface area contributed by atoms with Crippen LogP contribution in [0.1, 0.15) is 6.92 Å². The van der Waals surface area contributed by atoms with Crippen LogP contribution in [0.4, 0.5) is 5.69 Å². The molecular formula is C21H23ClN4O4S. The van der Waals surface area contributed by atoms with E-state index < -0.39 is 0 Å². The fraction of sp³-hybridized carbons (Fsp3) is 0.286. The first-order chi connectivity index (χ1) is 15.0. The molecule has 1 amide bonds. The number of carbonyl (C=O) groups excluding carboxylic acids is 1. The summed E-state index contributed by atoms with van der Waals surface area (Å²) in [6.07, 6.45) is 0. The maximum atomic E-state index is 12.3. The zero-order chi connectivity index (χ0) is 22.4. The first kappa shape index (κ1) is 22.8. The zero-order valence-corrected chi connectivity index (χ0v) is 19.2. The van der Waals surface area contributed by atoms with Gasteiger partial charge in [0.15, 0.2) is 22.5 Å². The van der Waals surface area contributed by atoms with E-state index in [1.165, 1.54) is 11.8 Å². The maximum absolute atomic E-state index is 12.3. The van der Waals surface area contributed by atoms with Gasteiger partial charge in [0.1, 0.15) is 0 Å². The second kappa shape index (κ2) is 10.4. The van der Waals surface area contributed by atoms with E-state index in [1.807, 2.05) is 23.6 Å². The molecule has 0 atom stereocenters. The van der Waals surface area contributed by atoms with Gasteiger partial charge in [-0.25, -0.2) is 0 Å². The largest absolute Gasteiger partial charge is 0.493 e. The molecule has 31 heavy (non-hydrogen) atoms. The molecule has 0 fully saturated rings. The average Bonchev–Trinajstić information content (AvgIpc) is 3.21. The van der Waals surface area contributed by atoms with Gasteiger partial charge in [0, 0.05) is 22.8 Å². The van der Waals surface area contributed by atoms with Crippen LogP contribution in [0.2, 0.25) is 5.02 Å². The van der Waals surface area contributed by atoms with Crippen molar-refractivity contribution in [3.8, 4) is 28.6 Å². The van der Waals surface area contributed by atoms with Crippen LogP contribution in [0.3, 0.4) is 0 Å². The fourth-order valence-electron chi connectivity index (χ4n) is 2.96. The van der Waals surface area contributed by atoms with Crippen LogP contribution < -0.4 is 19.5 Å². The number of hydrogen-bond donors (Lipinski definition) is 1. The minimum Gasteiger partial charge on any atom is -0.493 e. The van der Waals surface area contributed by atoms with Gasteiger partial charge in [0.2, 0.25) is 11.7 Å². The summed E-state index contributed by atoms with van der Waals surface area (Å²) >= 11 is 7.18. The zero-order valence-electron chi connectivity index (χ0n) is 17.6. The smallest absolute Gasteiger partial charge is 0.234 e. The standard InChI is InChI=1S/C21H23ClN4O4S/c1-5-26-20(13-10-16(28-2)19(30-4)17(11-13)29-3)24-25-21(26)31-12-18(27)23-15-8-6-14(22)7-9-15/h6-11H,5,12H2,1-4H3,(H,23,27). The number of methoxy groups -OCH3 is 3. The molecule has 0 unspecified atom stereocenters. The molecule has 164 valence electrons. The second-order valence-electron chi connectivity index (χ2n) is 6.31. The lowest BCUT2D eigenvalue weighted by Gasteiger charge is -2.14. The number of thioether (sulfide) groups is 1. The molecule has 0 aliphatic rings. The molecule has 0 aliphatic heterocycles. The summed E-state index contributed by atoms with van der Waals surface area (Å²) in [5.41, 5.74) is 1.45. The van der Waals surface area contributed by atoms with Crippen LogP contribution in [-0.4, -0.2) is 47.8 Å². The molecule has 3 rings (SSSR count). The molecular weight excluding hydrogens is 440 g/mol. The Morgan fingerprint density at radius 3 is 2.26 bits per heavy atom. The van der Waals surface area contributed by atoms with Crippen molar-refractivity contribution in [3.63, 3.8) is 0 Å². The van der Waals surface area contributed by atoms with Crippen molar-refractivity contribution >= 4 is 35.0 Å². The highest BCUT2D eigenvalue weighted by molar-refractivity contribution is 7.99. The van der Waals surface area contributed by atoms with Crippen LogP contribution >= 0.6 is 23.4 Å². The van der Waals surface area contributed by atoms with Gasteiger partial charge in [-0.2, -0.15) is 0 Å². The Hall–Kier alpha value is -2.91. The van der Waals surface area contributed by atoms with E-state index in [0.717, 1.165) is 5.56 Å². The molecule has 0 bridgehead atoms. The van der Waals surface area contributed by atoms with E-state index in [9.17, 15) is 4.79 Å². The Balaban J connectivity index is 1.79. The Kier molecular flexibility index (Phi) is 7.64. The van der Waals surface area contributed by atoms with Gasteiger partial charge in [0.05, 0.1) is 27.1 Å². The third-order valence-corrected chi connectivity index (χ3v) is 5.64. The normalized spacial score (nSPS) is 10.6. The molecule has 3 aromatic rings. The number of aromatic nitrogens is 3. The number of nitrogens with zero attached hydrogens (tertiary/aromatic N) is 3. The lowest BCUT2D eigenvalue weighted by atomic mass is 10.1. The monoisotopic (exact) mass is 462 g/mol. The number of halogens is 1. The highest BCUT2D eigenvalue weighted by Crippen LogP contribution is 2.41. The molecule has 2 aromatic carbocycles. The lowest BCUT2D eigenvalue weighted by Crippen LogP contribution is -2.14. The van der Waals surface area contributed by atoms with Crippen molar-refractivity contribution in [1.29, 1.82) is 0 Å². The maximum Gasteiger partial charge on any atom is 0.234 e. The Morgan fingerprint density at radius 2 is 1.71 bits per heavy atom. The Morgan fingerprint density at radius 1 is 1.06 bits per heavy atom. The second-order valence-corrected chi connectivity index (χ2v) is 7.69. The summed E-state index contributed by atoms with van der Waals surface area (Å²) in [5, 5.41) is 12.7. The Bertz CT molecular complexity index is 1030. The summed E-state index contributed by atoms with van der Waals surface area (Å²) in [7, 11) is 4.68. The van der Waals surface area contributed by atoms with E-state index in [0.29, 0.717) is 45.5 Å². The van der Waals surface area contributed by atoms with Gasteiger partial charge in [-0.3, -0.25) is 4.79 Å². The molecule has 0 saturated carbocycles. The van der Waals surface area contributed by atoms with Gasteiger partial charge in [-0.15, -0.1) is 10.2 Å². The van der Waals surface area contributed by atoms with Crippen LogP contribution in [0, 0.1) is 0 Å². The summed E-state index contributed by atoms with van der Waals surface area (Å²) < 4.78 is 18.2. The van der Waals surface area contributed by atoms with Crippen molar-refractivity contribution in [1.82, 2.24) is 14.8 Å². The summed E-state index contributed by atoms with van der Waals surface area (Å²) in [4.78, 5) is 12.3. The summed E-state index contributed by atoms with van der Waals surface area (Å²) in [5.74, 6) is 2.24. The molecule has 10 heteroatoms. The van der Waals surface area contributed by atoms with Crippen LogP contribution in [0.5, 0.6) is 17.2 Å². The average molecular weight is 463 g/mol. The molecule has 1 N–H and O–H groups in total. The number of carbonyl (C=O) groups is 1. The molecule has 0 radical (unpaired) electrons. The van der Waals surface area contributed by atoms with E-state index in [2.05, 4.69) is 15.5 Å². The van der Waals surface area contributed by atoms with Gasteiger partial charge < -0.3 is 24.1 Å². The van der Waals surface area contributed by atoms with Crippen molar-refractivity contribution < 1.29 is 19.0 Å². The van der Waals surface area contributed by atoms with Crippen molar-refractivity contribution in [3.05, 3.63) is 41.4 Å². The lowest BCUT2D eigenvalue weighted by molar-refractivity contribution is -0.113. The van der Waals surface area contributed by atoms with Gasteiger partial charge >= 0.3 is 0 Å². The Labute approximate surface area is 189 Å². The van der Waals surface area contributed by atoms with E-state index in [4.69, 9.17) is 25.8 Å². The van der Waals surface area contributed by atoms with Crippen LogP contribution in [-0.2, 0) is 11.3 Å². The third-order valence-electron chi connectivity index (χ3n) is 4.42. The number of ether oxygens (including phenoxy) is 3. The third kappa shape index (κ3) is 5.23. The molecule has 0 spiro atoms. The van der Waals surface area contributed by atoms with E-state index in [1.54, 1.807) is 45.6 Å². The molecule has 0 saturated heterocycles. The van der Waals surface area contributed by atoms with Crippen molar-refractivity contribution in [2.75, 3.05) is 32.4 Å². The van der Waals surface area contributed by atoms with Crippen molar-refractivity contribution in [2.24, 2.45) is 0 Å². The SMILES string of the molecule is CCn1c(SCC(=O)Nc2ccc(Cl)cc2)nnc1-c1cc(OC)c(OC)c(OC)c1. The van der Waals surface area contributed by atoms with Crippen molar-refractivity contribution in [2.45, 2.75) is 18.6 Å². The van der Waals surface area contributed by atoms with E-state index >= 15 is 0 Å². The number of nitrogens with one attached hydrogen (secondary N) is 1. The highest BCUT2D eigenvalue weighted by Gasteiger charge is 2.19. The highest BCUT2D eigenvalue weighted by atomic mass is 35.5. The quantitative estimate of drug-likeness (QED) is 0.472. The van der Waals surface area contributed by atoms with Crippen LogP contribution in [0.15, 0.2) is 41.6 Å². The van der Waals surface area contributed by atoms with Gasteiger partial charge in [-0.05, 0) is 43.3 Å². The minimum atomic E-state index is -0.146. The number of amides is 1. The molecule has 1 heterocycles. The number of rotatable bonds is 9. The fourth-order valence-corrected chi connectivity index (χ4v) is 3.89. The molecule has 1 aromatic heterocycles. The molecule has 0 aliphatic carbocycles. The number of benzene rings is 2. The first-order valence-corrected chi connectivity index (χ1v) is 10.8. The van der Waals surface area contributed by atoms with Crippen LogP contribution in [0.25, 0.3) is 11.4 Å². The van der Waals surface area contributed by atoms with Gasteiger partial charge in [-0.1, -0.05) is 23.4 Å². The minimum absolute atomic E-state index is 0.146. The predicted octanol–water partition coefficient (Wildman–Crippen LogP) is 4.38. The summed E-state index contributed by atoms with van der Waals surface area (Å²) in [6, 6.07) is 10.6. The number of hydrogen-bond acceptors (Lipinski definition) is 7. The summed E-state index contributed by atoms with van der Waals surface area (Å²) in [6.45, 7) is 2.61. The first-order valence-electron chi connectivity index (χ1n) is 9.42. The molecule has 8 nitrogen and oxygen atoms in total. The van der Waals surface area contributed by atoms with Gasteiger partial charge in [0.25, 0.3) is 0 Å². The topological polar surface area (TPSA) is 87.5 Å². The number of anilines is 1. The van der Waals surface area contributed by atoms with E-state index in [-0.39, 0.29) is 11.7 Å².